The zero-order chi connectivity index (χ0) is 16.4. The molecule has 0 radical (unpaired) electrons. The highest BCUT2D eigenvalue weighted by Gasteiger charge is 2.24. The van der Waals surface area contributed by atoms with E-state index in [1.165, 1.54) is 0 Å². The van der Waals surface area contributed by atoms with Gasteiger partial charge in [0.1, 0.15) is 0 Å². The van der Waals surface area contributed by atoms with Crippen LogP contribution in [0.4, 0.5) is 5.69 Å². The predicted octanol–water partition coefficient (Wildman–Crippen LogP) is 3.59. The minimum absolute atomic E-state index is 0.198. The molecule has 1 aliphatic rings. The van der Waals surface area contributed by atoms with E-state index in [1.807, 2.05) is 24.3 Å². The molecule has 3 rings (SSSR count). The van der Waals surface area contributed by atoms with Crippen molar-refractivity contribution in [1.29, 1.82) is 0 Å². The zero-order valence-electron chi connectivity index (χ0n) is 12.8. The Hall–Kier alpha value is -1.37. The lowest BCUT2D eigenvalue weighted by Gasteiger charge is -2.29. The van der Waals surface area contributed by atoms with Gasteiger partial charge in [0, 0.05) is 28.3 Å². The van der Waals surface area contributed by atoms with E-state index in [4.69, 9.17) is 15.8 Å². The Morgan fingerprint density at radius 2 is 1.96 bits per heavy atom. The van der Waals surface area contributed by atoms with E-state index in [-0.39, 0.29) is 6.10 Å². The van der Waals surface area contributed by atoms with Gasteiger partial charge in [-0.1, -0.05) is 11.6 Å². The first kappa shape index (κ1) is 16.5. The molecule has 124 valence electrons. The highest BCUT2D eigenvalue weighted by Crippen LogP contribution is 2.29. The fraction of sp³-hybridized carbons (Fsp3) is 0.438. The molecular weight excluding hydrogens is 336 g/mol. The van der Waals surface area contributed by atoms with Gasteiger partial charge in [0.2, 0.25) is 0 Å². The molecule has 1 fully saturated rings. The predicted molar refractivity (Wildman–Crippen MR) is 92.3 cm³/mol. The van der Waals surface area contributed by atoms with Crippen LogP contribution in [0.3, 0.4) is 0 Å². The molecule has 1 saturated carbocycles. The summed E-state index contributed by atoms with van der Waals surface area (Å²) < 4.78 is 27.5. The lowest BCUT2D eigenvalue weighted by atomic mass is 9.93. The Balaban J connectivity index is 1.67. The van der Waals surface area contributed by atoms with E-state index < -0.39 is 10.1 Å². The monoisotopic (exact) mass is 354 g/mol. The maximum Gasteiger partial charge on any atom is 0.264 e. The summed E-state index contributed by atoms with van der Waals surface area (Å²) in [5, 5.41) is 5.24. The summed E-state index contributed by atoms with van der Waals surface area (Å²) >= 11 is 6.01. The van der Waals surface area contributed by atoms with Crippen molar-refractivity contribution in [2.24, 2.45) is 0 Å². The lowest BCUT2D eigenvalue weighted by Crippen LogP contribution is -2.30. The molecule has 0 unspecified atom stereocenters. The molecule has 1 heterocycles. The van der Waals surface area contributed by atoms with Gasteiger partial charge in [0.05, 0.1) is 17.9 Å². The fourth-order valence-electron chi connectivity index (χ4n) is 3.02. The summed E-state index contributed by atoms with van der Waals surface area (Å²) in [4.78, 5) is 4.34. The maximum absolute atomic E-state index is 11.2. The summed E-state index contributed by atoms with van der Waals surface area (Å²) in [5.41, 5.74) is 1.88. The summed E-state index contributed by atoms with van der Waals surface area (Å²) in [6.45, 7) is 0. The van der Waals surface area contributed by atoms with Gasteiger partial charge in [-0.15, -0.1) is 0 Å². The first-order valence-corrected chi connectivity index (χ1v) is 9.79. The van der Waals surface area contributed by atoms with Crippen LogP contribution in [-0.4, -0.2) is 31.8 Å². The summed E-state index contributed by atoms with van der Waals surface area (Å²) in [5.74, 6) is 0. The van der Waals surface area contributed by atoms with Gasteiger partial charge in [-0.2, -0.15) is 8.42 Å². The van der Waals surface area contributed by atoms with Crippen LogP contribution in [0, 0.1) is 0 Å². The molecule has 0 spiro atoms. The average molecular weight is 355 g/mol. The van der Waals surface area contributed by atoms with Crippen LogP contribution in [0.2, 0.25) is 5.02 Å². The number of halogens is 1. The van der Waals surface area contributed by atoms with Crippen LogP contribution >= 0.6 is 11.6 Å². The third-order valence-corrected chi connectivity index (χ3v) is 4.91. The van der Waals surface area contributed by atoms with Crippen LogP contribution in [0.5, 0.6) is 0 Å². The number of hydrogen-bond acceptors (Lipinski definition) is 5. The summed E-state index contributed by atoms with van der Waals surface area (Å²) in [6.07, 6.45) is 5.88. The zero-order valence-corrected chi connectivity index (χ0v) is 14.4. The molecule has 1 N–H and O–H groups in total. The second-order valence-electron chi connectivity index (χ2n) is 5.94. The molecule has 7 heteroatoms. The number of fused-ring (bicyclic) bond motifs is 1. The highest BCUT2D eigenvalue weighted by atomic mass is 35.5. The molecule has 23 heavy (non-hydrogen) atoms. The van der Waals surface area contributed by atoms with Crippen LogP contribution in [0.25, 0.3) is 10.9 Å². The third kappa shape index (κ3) is 4.34. The smallest absolute Gasteiger partial charge is 0.264 e. The van der Waals surface area contributed by atoms with E-state index in [1.54, 1.807) is 6.20 Å². The van der Waals surface area contributed by atoms with Crippen LogP contribution in [0.15, 0.2) is 30.5 Å². The largest absolute Gasteiger partial charge is 0.382 e. The number of benzene rings is 1. The molecule has 0 saturated heterocycles. The first-order valence-electron chi connectivity index (χ1n) is 7.60. The van der Waals surface area contributed by atoms with Gasteiger partial charge >= 0.3 is 0 Å². The van der Waals surface area contributed by atoms with E-state index in [9.17, 15) is 8.42 Å². The summed E-state index contributed by atoms with van der Waals surface area (Å²) in [6, 6.07) is 7.92. The Labute approximate surface area is 141 Å². The second kappa shape index (κ2) is 6.63. The topological polar surface area (TPSA) is 68.3 Å². The van der Waals surface area contributed by atoms with E-state index in [0.717, 1.165) is 48.5 Å². The standard InChI is InChI=1S/C16H19ClN2O3S/c1-23(20,21)22-13-5-3-12(4-6-13)19-15-8-9-18-16-10-11(17)2-7-14(15)16/h2,7-10,12-13H,3-6H2,1H3,(H,18,19)/t12-,13-. The van der Waals surface area contributed by atoms with Crippen molar-refractivity contribution in [3.63, 3.8) is 0 Å². The SMILES string of the molecule is CS(=O)(=O)O[C@H]1CC[C@H](Nc2ccnc3cc(Cl)ccc23)CC1. The normalized spacial score (nSPS) is 22.2. The third-order valence-electron chi connectivity index (χ3n) is 4.05. The van der Waals surface area contributed by atoms with Crippen molar-refractivity contribution >= 4 is 38.3 Å². The first-order chi connectivity index (χ1) is 10.9. The van der Waals surface area contributed by atoms with Gasteiger partial charge in [-0.05, 0) is 49.9 Å². The Morgan fingerprint density at radius 3 is 2.65 bits per heavy atom. The lowest BCUT2D eigenvalue weighted by molar-refractivity contribution is 0.158. The van der Waals surface area contributed by atoms with Crippen molar-refractivity contribution in [2.75, 3.05) is 11.6 Å². The Bertz CT molecular complexity index is 802. The van der Waals surface area contributed by atoms with E-state index >= 15 is 0 Å². The molecule has 1 aromatic carbocycles. The number of nitrogens with zero attached hydrogens (tertiary/aromatic N) is 1. The minimum Gasteiger partial charge on any atom is -0.382 e. The molecule has 0 aliphatic heterocycles. The minimum atomic E-state index is -3.37. The van der Waals surface area contributed by atoms with Crippen molar-refractivity contribution in [3.05, 3.63) is 35.5 Å². The van der Waals surface area contributed by atoms with Gasteiger partial charge in [-0.25, -0.2) is 0 Å². The van der Waals surface area contributed by atoms with Gasteiger partial charge in [0.25, 0.3) is 10.1 Å². The quantitative estimate of drug-likeness (QED) is 0.850. The van der Waals surface area contributed by atoms with Crippen LogP contribution in [-0.2, 0) is 14.3 Å². The van der Waals surface area contributed by atoms with Gasteiger partial charge < -0.3 is 5.32 Å². The Morgan fingerprint density at radius 1 is 1.22 bits per heavy atom. The van der Waals surface area contributed by atoms with Crippen molar-refractivity contribution < 1.29 is 12.6 Å². The number of aromatic nitrogens is 1. The number of pyridine rings is 1. The number of anilines is 1. The molecule has 0 bridgehead atoms. The van der Waals surface area contributed by atoms with Crippen LogP contribution in [0.1, 0.15) is 25.7 Å². The number of nitrogens with one attached hydrogen (secondary N) is 1. The fourth-order valence-corrected chi connectivity index (χ4v) is 3.87. The van der Waals surface area contributed by atoms with Crippen molar-refractivity contribution in [3.8, 4) is 0 Å². The maximum atomic E-state index is 11.2. The second-order valence-corrected chi connectivity index (χ2v) is 7.98. The highest BCUT2D eigenvalue weighted by molar-refractivity contribution is 7.86. The van der Waals surface area contributed by atoms with Gasteiger partial charge in [0.15, 0.2) is 0 Å². The van der Waals surface area contributed by atoms with Gasteiger partial charge in [-0.3, -0.25) is 9.17 Å². The van der Waals surface area contributed by atoms with Crippen molar-refractivity contribution in [1.82, 2.24) is 4.98 Å². The molecule has 5 nitrogen and oxygen atoms in total. The van der Waals surface area contributed by atoms with Crippen molar-refractivity contribution in [2.45, 2.75) is 37.8 Å². The molecule has 0 atom stereocenters. The van der Waals surface area contributed by atoms with E-state index in [0.29, 0.717) is 11.1 Å². The van der Waals surface area contributed by atoms with E-state index in [2.05, 4.69) is 10.3 Å². The number of hydrogen-bond donors (Lipinski definition) is 1. The summed E-state index contributed by atoms with van der Waals surface area (Å²) in [7, 11) is -3.37. The molecular formula is C16H19ClN2O3S. The van der Waals surface area contributed by atoms with Crippen LogP contribution < -0.4 is 5.32 Å². The Kier molecular flexibility index (Phi) is 4.75. The molecule has 0 amide bonds. The number of rotatable bonds is 4. The molecule has 1 aliphatic carbocycles. The average Bonchev–Trinajstić information content (AvgIpc) is 2.48. The molecule has 1 aromatic heterocycles. The molecule has 2 aromatic rings.